The minimum absolute atomic E-state index is 0.197. The lowest BCUT2D eigenvalue weighted by atomic mass is 10.2. The van der Waals surface area contributed by atoms with Crippen molar-refractivity contribution >= 4 is 5.97 Å². The van der Waals surface area contributed by atoms with Gasteiger partial charge in [0.1, 0.15) is 0 Å². The molecule has 1 aromatic carbocycles. The number of hydrogen-bond donors (Lipinski definition) is 0. The van der Waals surface area contributed by atoms with Crippen molar-refractivity contribution in [2.45, 2.75) is 12.8 Å². The summed E-state index contributed by atoms with van der Waals surface area (Å²) in [6, 6.07) is 9.86. The molecule has 0 radical (unpaired) electrons. The number of aryl methyl sites for hydroxylation is 1. The van der Waals surface area contributed by atoms with E-state index in [1.165, 1.54) is 7.11 Å². The number of hydrogen-bond acceptors (Lipinski definition) is 3. The zero-order valence-electron chi connectivity index (χ0n) is 9.67. The topological polar surface area (TPSA) is 44.1 Å². The second-order valence-corrected chi connectivity index (χ2v) is 3.70. The molecule has 0 amide bonds. The van der Waals surface area contributed by atoms with Crippen molar-refractivity contribution in [3.8, 4) is 5.69 Å². The first-order valence-corrected chi connectivity index (χ1v) is 5.45. The van der Waals surface area contributed by atoms with E-state index < -0.39 is 0 Å². The molecule has 0 atom stereocenters. The molecule has 0 spiro atoms. The summed E-state index contributed by atoms with van der Waals surface area (Å²) in [6.07, 6.45) is 4.74. The Morgan fingerprint density at radius 2 is 2.12 bits per heavy atom. The van der Waals surface area contributed by atoms with E-state index in [4.69, 9.17) is 0 Å². The van der Waals surface area contributed by atoms with Crippen molar-refractivity contribution in [3.05, 3.63) is 48.3 Å². The van der Waals surface area contributed by atoms with Crippen LogP contribution in [-0.2, 0) is 16.0 Å². The van der Waals surface area contributed by atoms with Gasteiger partial charge in [-0.3, -0.25) is 4.79 Å². The average molecular weight is 230 g/mol. The largest absolute Gasteiger partial charge is 0.469 e. The maximum absolute atomic E-state index is 11.0. The van der Waals surface area contributed by atoms with Crippen molar-refractivity contribution in [1.82, 2.24) is 9.78 Å². The molecule has 2 rings (SSSR count). The molecule has 0 aliphatic carbocycles. The van der Waals surface area contributed by atoms with E-state index in [1.807, 2.05) is 36.5 Å². The lowest BCUT2D eigenvalue weighted by Gasteiger charge is -1.99. The van der Waals surface area contributed by atoms with Gasteiger partial charge in [0.15, 0.2) is 0 Å². The number of carbonyl (C=O) groups is 1. The summed E-state index contributed by atoms with van der Waals surface area (Å²) in [5.41, 5.74) is 2.04. The van der Waals surface area contributed by atoms with Gasteiger partial charge in [0.25, 0.3) is 0 Å². The number of para-hydroxylation sites is 1. The minimum atomic E-state index is -0.197. The van der Waals surface area contributed by atoms with Gasteiger partial charge in [-0.2, -0.15) is 5.10 Å². The highest BCUT2D eigenvalue weighted by molar-refractivity contribution is 5.69. The average Bonchev–Trinajstić information content (AvgIpc) is 2.86. The third kappa shape index (κ3) is 2.93. The predicted octanol–water partition coefficient (Wildman–Crippen LogP) is 1.98. The standard InChI is InChI=1S/C13H14N2O2/c1-17-13(16)8-7-11-9-14-15(10-11)12-5-3-2-4-6-12/h2-6,9-10H,7-8H2,1H3. The van der Waals surface area contributed by atoms with E-state index in [9.17, 15) is 4.79 Å². The van der Waals surface area contributed by atoms with Crippen LogP contribution in [0.4, 0.5) is 0 Å². The first kappa shape index (κ1) is 11.4. The van der Waals surface area contributed by atoms with Gasteiger partial charge >= 0.3 is 5.97 Å². The Labute approximate surface area is 99.8 Å². The van der Waals surface area contributed by atoms with Crippen molar-refractivity contribution in [2.24, 2.45) is 0 Å². The van der Waals surface area contributed by atoms with E-state index in [0.29, 0.717) is 12.8 Å². The Morgan fingerprint density at radius 1 is 1.35 bits per heavy atom. The second kappa shape index (κ2) is 5.30. The fraction of sp³-hybridized carbons (Fsp3) is 0.231. The minimum Gasteiger partial charge on any atom is -0.469 e. The number of methoxy groups -OCH3 is 1. The van der Waals surface area contributed by atoms with Crippen LogP contribution < -0.4 is 0 Å². The first-order chi connectivity index (χ1) is 8.29. The highest BCUT2D eigenvalue weighted by Gasteiger charge is 2.04. The highest BCUT2D eigenvalue weighted by atomic mass is 16.5. The molecule has 1 aromatic heterocycles. The van der Waals surface area contributed by atoms with Gasteiger partial charge in [-0.1, -0.05) is 18.2 Å². The Balaban J connectivity index is 2.04. The Bertz CT molecular complexity index is 491. The van der Waals surface area contributed by atoms with E-state index >= 15 is 0 Å². The lowest BCUT2D eigenvalue weighted by molar-refractivity contribution is -0.140. The van der Waals surface area contributed by atoms with Crippen molar-refractivity contribution < 1.29 is 9.53 Å². The van der Waals surface area contributed by atoms with Crippen molar-refractivity contribution in [3.63, 3.8) is 0 Å². The molecule has 0 aliphatic rings. The molecule has 0 saturated heterocycles. The van der Waals surface area contributed by atoms with Crippen LogP contribution in [0.2, 0.25) is 0 Å². The summed E-state index contributed by atoms with van der Waals surface area (Å²) in [5, 5.41) is 4.25. The van der Waals surface area contributed by atoms with Crippen LogP contribution in [0.5, 0.6) is 0 Å². The zero-order chi connectivity index (χ0) is 12.1. The van der Waals surface area contributed by atoms with Crippen molar-refractivity contribution in [2.75, 3.05) is 7.11 Å². The Hall–Kier alpha value is -2.10. The fourth-order valence-electron chi connectivity index (χ4n) is 1.56. The maximum Gasteiger partial charge on any atom is 0.305 e. The molecule has 0 N–H and O–H groups in total. The van der Waals surface area contributed by atoms with Gasteiger partial charge in [-0.05, 0) is 24.1 Å². The van der Waals surface area contributed by atoms with E-state index in [0.717, 1.165) is 11.3 Å². The molecule has 88 valence electrons. The van der Waals surface area contributed by atoms with E-state index in [-0.39, 0.29) is 5.97 Å². The molecule has 0 unspecified atom stereocenters. The molecule has 4 nitrogen and oxygen atoms in total. The van der Waals surface area contributed by atoms with Crippen LogP contribution in [0.1, 0.15) is 12.0 Å². The molecule has 1 heterocycles. The molecule has 0 aliphatic heterocycles. The van der Waals surface area contributed by atoms with Crippen LogP contribution >= 0.6 is 0 Å². The van der Waals surface area contributed by atoms with Crippen molar-refractivity contribution in [1.29, 1.82) is 0 Å². The number of aromatic nitrogens is 2. The number of rotatable bonds is 4. The lowest BCUT2D eigenvalue weighted by Crippen LogP contribution is -2.01. The van der Waals surface area contributed by atoms with Crippen LogP contribution in [0.3, 0.4) is 0 Å². The summed E-state index contributed by atoms with van der Waals surface area (Å²) >= 11 is 0. The molecule has 0 bridgehead atoms. The Morgan fingerprint density at radius 3 is 2.82 bits per heavy atom. The molecule has 4 heteroatoms. The van der Waals surface area contributed by atoms with Gasteiger partial charge in [-0.15, -0.1) is 0 Å². The zero-order valence-corrected chi connectivity index (χ0v) is 9.67. The third-order valence-electron chi connectivity index (χ3n) is 2.50. The Kier molecular flexibility index (Phi) is 3.55. The number of ether oxygens (including phenoxy) is 1. The van der Waals surface area contributed by atoms with E-state index in [1.54, 1.807) is 10.9 Å². The summed E-state index contributed by atoms with van der Waals surface area (Å²) in [7, 11) is 1.40. The fourth-order valence-corrected chi connectivity index (χ4v) is 1.56. The SMILES string of the molecule is COC(=O)CCc1cnn(-c2ccccc2)c1. The summed E-state index contributed by atoms with van der Waals surface area (Å²) in [4.78, 5) is 11.0. The molecular weight excluding hydrogens is 216 g/mol. The van der Waals surface area contributed by atoms with Gasteiger partial charge in [-0.25, -0.2) is 4.68 Å². The van der Waals surface area contributed by atoms with Crippen LogP contribution in [-0.4, -0.2) is 22.9 Å². The molecule has 0 fully saturated rings. The van der Waals surface area contributed by atoms with Gasteiger partial charge in [0.2, 0.25) is 0 Å². The number of benzene rings is 1. The number of nitrogens with zero attached hydrogens (tertiary/aromatic N) is 2. The quantitative estimate of drug-likeness (QED) is 0.754. The highest BCUT2D eigenvalue weighted by Crippen LogP contribution is 2.09. The van der Waals surface area contributed by atoms with Gasteiger partial charge in [0.05, 0.1) is 19.0 Å². The van der Waals surface area contributed by atoms with Crippen LogP contribution in [0, 0.1) is 0 Å². The summed E-state index contributed by atoms with van der Waals surface area (Å²) in [5.74, 6) is -0.197. The second-order valence-electron chi connectivity index (χ2n) is 3.70. The number of esters is 1. The van der Waals surface area contributed by atoms with Gasteiger partial charge < -0.3 is 4.74 Å². The first-order valence-electron chi connectivity index (χ1n) is 5.45. The monoisotopic (exact) mass is 230 g/mol. The normalized spacial score (nSPS) is 10.2. The number of carbonyl (C=O) groups excluding carboxylic acids is 1. The van der Waals surface area contributed by atoms with Gasteiger partial charge in [0, 0.05) is 12.6 Å². The summed E-state index contributed by atoms with van der Waals surface area (Å²) in [6.45, 7) is 0. The third-order valence-corrected chi connectivity index (χ3v) is 2.50. The van der Waals surface area contributed by atoms with Crippen LogP contribution in [0.25, 0.3) is 5.69 Å². The maximum atomic E-state index is 11.0. The smallest absolute Gasteiger partial charge is 0.305 e. The summed E-state index contributed by atoms with van der Waals surface area (Å²) < 4.78 is 6.40. The van der Waals surface area contributed by atoms with Crippen LogP contribution in [0.15, 0.2) is 42.7 Å². The molecule has 2 aromatic rings. The molecule has 0 saturated carbocycles. The molecular formula is C13H14N2O2. The van der Waals surface area contributed by atoms with E-state index in [2.05, 4.69) is 9.84 Å². The predicted molar refractivity (Wildman–Crippen MR) is 63.9 cm³/mol. The molecule has 17 heavy (non-hydrogen) atoms.